The molecule has 0 aliphatic carbocycles. The van der Waals surface area contributed by atoms with Crippen LogP contribution in [0.1, 0.15) is 41.5 Å². The molecule has 2 fully saturated rings. The molecule has 3 aliphatic rings. The van der Waals surface area contributed by atoms with E-state index in [1.807, 2.05) is 0 Å². The first-order valence-electron chi connectivity index (χ1n) is 9.86. The summed E-state index contributed by atoms with van der Waals surface area (Å²) in [4.78, 5) is 8.90. The van der Waals surface area contributed by atoms with Crippen molar-refractivity contribution < 1.29 is 9.57 Å². The van der Waals surface area contributed by atoms with Gasteiger partial charge in [-0.05, 0) is 56.2 Å². The highest BCUT2D eigenvalue weighted by atomic mass is 32.2. The van der Waals surface area contributed by atoms with E-state index in [9.17, 15) is 0 Å². The van der Waals surface area contributed by atoms with Crippen LogP contribution in [0.15, 0.2) is 17.3 Å². The van der Waals surface area contributed by atoms with Crippen LogP contribution in [-0.2, 0) is 9.57 Å². The van der Waals surface area contributed by atoms with E-state index in [-0.39, 0.29) is 5.72 Å². The SMILES string of the molecule is Cc1cc(C)c(C2=NOC3(N4CCOCC4)CCCSCCC23)c(C)c1. The first-order chi connectivity index (χ1) is 12.6. The van der Waals surface area contributed by atoms with Crippen molar-refractivity contribution in [1.29, 1.82) is 0 Å². The highest BCUT2D eigenvalue weighted by Crippen LogP contribution is 2.44. The quantitative estimate of drug-likeness (QED) is 0.786. The summed E-state index contributed by atoms with van der Waals surface area (Å²) < 4.78 is 5.62. The molecule has 0 aromatic heterocycles. The monoisotopic (exact) mass is 374 g/mol. The molecule has 2 atom stereocenters. The maximum absolute atomic E-state index is 6.38. The zero-order valence-electron chi connectivity index (χ0n) is 16.2. The smallest absolute Gasteiger partial charge is 0.200 e. The second kappa shape index (κ2) is 7.53. The fourth-order valence-corrected chi connectivity index (χ4v) is 5.92. The number of hydrogen-bond acceptors (Lipinski definition) is 5. The molecule has 0 saturated carbocycles. The summed E-state index contributed by atoms with van der Waals surface area (Å²) in [5.41, 5.74) is 6.16. The summed E-state index contributed by atoms with van der Waals surface area (Å²) in [6, 6.07) is 4.55. The van der Waals surface area contributed by atoms with Gasteiger partial charge in [0.05, 0.1) is 24.8 Å². The first kappa shape index (κ1) is 18.3. The van der Waals surface area contributed by atoms with Gasteiger partial charge in [0.2, 0.25) is 0 Å². The summed E-state index contributed by atoms with van der Waals surface area (Å²) in [7, 11) is 0. The third-order valence-electron chi connectivity index (χ3n) is 6.03. The van der Waals surface area contributed by atoms with Gasteiger partial charge in [0.15, 0.2) is 5.72 Å². The first-order valence-corrected chi connectivity index (χ1v) is 11.0. The molecular weight excluding hydrogens is 344 g/mol. The van der Waals surface area contributed by atoms with Gasteiger partial charge < -0.3 is 9.57 Å². The Kier molecular flexibility index (Phi) is 5.31. The Morgan fingerprint density at radius 2 is 1.85 bits per heavy atom. The molecule has 1 aromatic carbocycles. The largest absolute Gasteiger partial charge is 0.379 e. The van der Waals surface area contributed by atoms with Crippen LogP contribution < -0.4 is 0 Å². The molecule has 4 rings (SSSR count). The van der Waals surface area contributed by atoms with Crippen LogP contribution in [0.25, 0.3) is 0 Å². The van der Waals surface area contributed by atoms with Gasteiger partial charge in [0.1, 0.15) is 0 Å². The van der Waals surface area contributed by atoms with Crippen molar-refractivity contribution in [1.82, 2.24) is 4.90 Å². The average molecular weight is 375 g/mol. The van der Waals surface area contributed by atoms with E-state index < -0.39 is 0 Å². The molecular formula is C21H30N2O2S. The average Bonchev–Trinajstić information content (AvgIpc) is 2.93. The van der Waals surface area contributed by atoms with E-state index in [2.05, 4.69) is 49.6 Å². The summed E-state index contributed by atoms with van der Waals surface area (Å²) in [6.07, 6.45) is 3.38. The Labute approximate surface area is 161 Å². The van der Waals surface area contributed by atoms with E-state index in [4.69, 9.17) is 14.7 Å². The van der Waals surface area contributed by atoms with Crippen molar-refractivity contribution >= 4 is 17.5 Å². The number of rotatable bonds is 2. The molecule has 142 valence electrons. The van der Waals surface area contributed by atoms with Gasteiger partial charge in [0, 0.05) is 25.1 Å². The van der Waals surface area contributed by atoms with Gasteiger partial charge in [0.25, 0.3) is 0 Å². The lowest BCUT2D eigenvalue weighted by Gasteiger charge is -2.45. The lowest BCUT2D eigenvalue weighted by molar-refractivity contribution is -0.187. The lowest BCUT2D eigenvalue weighted by Crippen LogP contribution is -2.58. The second-order valence-electron chi connectivity index (χ2n) is 7.84. The molecule has 0 spiro atoms. The number of hydrogen-bond donors (Lipinski definition) is 0. The molecule has 26 heavy (non-hydrogen) atoms. The molecule has 0 N–H and O–H groups in total. The number of nitrogens with zero attached hydrogens (tertiary/aromatic N) is 2. The van der Waals surface area contributed by atoms with Crippen LogP contribution in [0.5, 0.6) is 0 Å². The Bertz CT molecular complexity index is 676. The van der Waals surface area contributed by atoms with E-state index >= 15 is 0 Å². The summed E-state index contributed by atoms with van der Waals surface area (Å²) in [6.45, 7) is 10.1. The Morgan fingerprint density at radius 3 is 2.58 bits per heavy atom. The molecule has 0 amide bonds. The second-order valence-corrected chi connectivity index (χ2v) is 9.07. The summed E-state index contributed by atoms with van der Waals surface area (Å²) >= 11 is 2.08. The minimum atomic E-state index is -0.274. The van der Waals surface area contributed by atoms with Gasteiger partial charge in [-0.2, -0.15) is 11.8 Å². The Balaban J connectivity index is 1.73. The topological polar surface area (TPSA) is 34.1 Å². The molecule has 4 nitrogen and oxygen atoms in total. The van der Waals surface area contributed by atoms with Crippen molar-refractivity contribution in [3.8, 4) is 0 Å². The molecule has 3 heterocycles. The maximum Gasteiger partial charge on any atom is 0.200 e. The molecule has 0 radical (unpaired) electrons. The fraction of sp³-hybridized carbons (Fsp3) is 0.667. The standard InChI is InChI=1S/C21H30N2O2S/c1-15-13-16(2)19(17(3)14-15)20-18-5-12-26-11-4-6-21(18,25-22-20)23-7-9-24-10-8-23/h13-14,18H,4-12H2,1-3H3. The van der Waals surface area contributed by atoms with Gasteiger partial charge in [-0.1, -0.05) is 22.9 Å². The van der Waals surface area contributed by atoms with Crippen molar-refractivity contribution in [2.75, 3.05) is 37.8 Å². The van der Waals surface area contributed by atoms with E-state index in [1.165, 1.54) is 45.9 Å². The number of fused-ring (bicyclic) bond motifs is 1. The number of benzene rings is 1. The van der Waals surface area contributed by atoms with Crippen molar-refractivity contribution in [3.63, 3.8) is 0 Å². The number of morpholine rings is 1. The minimum absolute atomic E-state index is 0.274. The third-order valence-corrected chi connectivity index (χ3v) is 7.13. The molecule has 1 aromatic rings. The molecule has 2 unspecified atom stereocenters. The predicted octanol–water partition coefficient (Wildman–Crippen LogP) is 3.91. The Morgan fingerprint density at radius 1 is 1.12 bits per heavy atom. The molecule has 0 bridgehead atoms. The van der Waals surface area contributed by atoms with Crippen LogP contribution in [0, 0.1) is 26.7 Å². The summed E-state index contributed by atoms with van der Waals surface area (Å²) in [5, 5.41) is 4.76. The van der Waals surface area contributed by atoms with Gasteiger partial charge >= 0.3 is 0 Å². The van der Waals surface area contributed by atoms with Crippen LogP contribution in [-0.4, -0.2) is 54.1 Å². The lowest BCUT2D eigenvalue weighted by atomic mass is 9.79. The van der Waals surface area contributed by atoms with Crippen LogP contribution >= 0.6 is 11.8 Å². The number of thioether (sulfide) groups is 1. The highest BCUT2D eigenvalue weighted by Gasteiger charge is 2.53. The molecule has 3 aliphatic heterocycles. The number of oxime groups is 1. The van der Waals surface area contributed by atoms with Crippen LogP contribution in [0.4, 0.5) is 0 Å². The van der Waals surface area contributed by atoms with Gasteiger partial charge in [-0.25, -0.2) is 0 Å². The van der Waals surface area contributed by atoms with Crippen molar-refractivity contribution in [3.05, 3.63) is 34.4 Å². The van der Waals surface area contributed by atoms with Crippen molar-refractivity contribution in [2.24, 2.45) is 11.1 Å². The van der Waals surface area contributed by atoms with E-state index in [1.54, 1.807) is 0 Å². The number of aryl methyl sites for hydroxylation is 3. The highest BCUT2D eigenvalue weighted by molar-refractivity contribution is 7.99. The third kappa shape index (κ3) is 3.19. The normalized spacial score (nSPS) is 30.1. The Hall–Kier alpha value is -1.04. The summed E-state index contributed by atoms with van der Waals surface area (Å²) in [5.74, 6) is 2.75. The maximum atomic E-state index is 6.38. The minimum Gasteiger partial charge on any atom is -0.379 e. The zero-order valence-corrected chi connectivity index (χ0v) is 17.0. The van der Waals surface area contributed by atoms with Crippen molar-refractivity contribution in [2.45, 2.75) is 45.8 Å². The van der Waals surface area contributed by atoms with Crippen LogP contribution in [0.2, 0.25) is 0 Å². The predicted molar refractivity (Wildman–Crippen MR) is 108 cm³/mol. The molecule has 2 saturated heterocycles. The van der Waals surface area contributed by atoms with E-state index in [0.717, 1.165) is 39.1 Å². The number of ether oxygens (including phenoxy) is 1. The van der Waals surface area contributed by atoms with Crippen LogP contribution in [0.3, 0.4) is 0 Å². The zero-order chi connectivity index (χ0) is 18.1. The fourth-order valence-electron chi connectivity index (χ4n) is 4.96. The van der Waals surface area contributed by atoms with Gasteiger partial charge in [-0.3, -0.25) is 4.90 Å². The molecule has 5 heteroatoms. The van der Waals surface area contributed by atoms with E-state index in [0.29, 0.717) is 5.92 Å². The van der Waals surface area contributed by atoms with Gasteiger partial charge in [-0.15, -0.1) is 0 Å².